The van der Waals surface area contributed by atoms with Crippen molar-refractivity contribution < 1.29 is 4.42 Å². The van der Waals surface area contributed by atoms with Crippen LogP contribution in [-0.4, -0.2) is 29.4 Å². The van der Waals surface area contributed by atoms with Crippen LogP contribution in [0.3, 0.4) is 0 Å². The normalized spacial score (nSPS) is 18.5. The van der Waals surface area contributed by atoms with Gasteiger partial charge in [0.25, 0.3) is 0 Å². The zero-order valence-electron chi connectivity index (χ0n) is 25.3. The van der Waals surface area contributed by atoms with Gasteiger partial charge in [0, 0.05) is 39.8 Å². The fourth-order valence-electron chi connectivity index (χ4n) is 7.37. The van der Waals surface area contributed by atoms with Gasteiger partial charge in [-0.2, -0.15) is 0 Å². The molecular formula is C35H39N5O. The number of rotatable bonds is 4. The van der Waals surface area contributed by atoms with E-state index in [1.807, 2.05) is 6.92 Å². The number of aromatic nitrogens is 1. The highest BCUT2D eigenvalue weighted by Gasteiger charge is 2.40. The van der Waals surface area contributed by atoms with Gasteiger partial charge >= 0.3 is 0 Å². The van der Waals surface area contributed by atoms with E-state index in [4.69, 9.17) is 9.40 Å². The lowest BCUT2D eigenvalue weighted by Gasteiger charge is -2.36. The van der Waals surface area contributed by atoms with Gasteiger partial charge in [0.2, 0.25) is 5.71 Å². The van der Waals surface area contributed by atoms with Crippen LogP contribution in [0.5, 0.6) is 0 Å². The number of benzene rings is 3. The average Bonchev–Trinajstić information content (AvgIpc) is 3.54. The first-order valence-electron chi connectivity index (χ1n) is 14.9. The van der Waals surface area contributed by atoms with E-state index in [2.05, 4.69) is 135 Å². The lowest BCUT2D eigenvalue weighted by Crippen LogP contribution is -2.43. The Hall–Kier alpha value is -4.19. The molecule has 0 saturated heterocycles. The van der Waals surface area contributed by atoms with Crippen molar-refractivity contribution in [3.8, 4) is 0 Å². The predicted molar refractivity (Wildman–Crippen MR) is 172 cm³/mol. The molecule has 0 saturated carbocycles. The Labute approximate surface area is 242 Å². The Balaban J connectivity index is 1.55. The first-order valence-corrected chi connectivity index (χ1v) is 14.9. The zero-order chi connectivity index (χ0) is 28.7. The summed E-state index contributed by atoms with van der Waals surface area (Å²) in [6.07, 6.45) is 0.272. The highest BCUT2D eigenvalue weighted by molar-refractivity contribution is 6.12. The molecule has 3 aromatic carbocycles. The van der Waals surface area contributed by atoms with E-state index in [0.29, 0.717) is 17.8 Å². The van der Waals surface area contributed by atoms with Crippen molar-refractivity contribution in [2.24, 2.45) is 0 Å². The first-order chi connectivity index (χ1) is 19.7. The minimum absolute atomic E-state index is 0.114. The molecule has 0 amide bonds. The molecule has 2 atom stereocenters. The van der Waals surface area contributed by atoms with E-state index in [0.717, 1.165) is 27.7 Å². The summed E-state index contributed by atoms with van der Waals surface area (Å²) in [6, 6.07) is 24.9. The van der Waals surface area contributed by atoms with Crippen LogP contribution in [-0.2, 0) is 0 Å². The van der Waals surface area contributed by atoms with E-state index >= 15 is 0 Å². The minimum atomic E-state index is 0.114. The Morgan fingerprint density at radius 2 is 1.20 bits per heavy atom. The molecule has 2 aliphatic heterocycles. The maximum Gasteiger partial charge on any atom is 0.227 e. The SMILES string of the molecule is Cc1ccc2c(n1)oc1c(N3c4ccccc4N(C(C)C)[C@@H]3C)c(C)c(N3c4ccccc4N(C(C)C)[C@H]3C)cc12. The lowest BCUT2D eigenvalue weighted by molar-refractivity contribution is 0.600. The summed E-state index contributed by atoms with van der Waals surface area (Å²) in [5.74, 6) is 0. The molecular weight excluding hydrogens is 506 g/mol. The van der Waals surface area contributed by atoms with Gasteiger partial charge in [-0.25, -0.2) is 4.98 Å². The largest absolute Gasteiger partial charge is 0.435 e. The highest BCUT2D eigenvalue weighted by atomic mass is 16.3. The Kier molecular flexibility index (Phi) is 5.76. The van der Waals surface area contributed by atoms with E-state index in [-0.39, 0.29) is 12.3 Å². The van der Waals surface area contributed by atoms with Crippen LogP contribution in [0, 0.1) is 13.8 Å². The van der Waals surface area contributed by atoms with Crippen LogP contribution in [0.25, 0.3) is 22.1 Å². The molecule has 41 heavy (non-hydrogen) atoms. The summed E-state index contributed by atoms with van der Waals surface area (Å²) in [5, 5.41) is 2.15. The van der Waals surface area contributed by atoms with Crippen molar-refractivity contribution in [3.05, 3.63) is 78.0 Å². The number of hydrogen-bond acceptors (Lipinski definition) is 6. The number of pyridine rings is 1. The standard InChI is InChI=1S/C35H39N5O/c1-20(2)37-24(7)39(30-15-11-9-13-28(30)37)32-19-27-26-18-17-22(5)36-35(26)41-34(27)33(23(32)6)40-25(8)38(21(3)4)29-14-10-12-16-31(29)40/h9-21,24-25H,1-8H3/t24-,25+/m1/s1. The van der Waals surface area contributed by atoms with Crippen LogP contribution < -0.4 is 19.6 Å². The topological polar surface area (TPSA) is 39.0 Å². The van der Waals surface area contributed by atoms with E-state index in [1.165, 1.54) is 34.0 Å². The number of nitrogens with zero attached hydrogens (tertiary/aromatic N) is 5. The summed E-state index contributed by atoms with van der Waals surface area (Å²) >= 11 is 0. The summed E-state index contributed by atoms with van der Waals surface area (Å²) in [4.78, 5) is 14.8. The van der Waals surface area contributed by atoms with Gasteiger partial charge in [-0.3, -0.25) is 0 Å². The molecule has 0 fully saturated rings. The molecule has 0 aliphatic carbocycles. The molecule has 6 nitrogen and oxygen atoms in total. The molecule has 0 radical (unpaired) electrons. The van der Waals surface area contributed by atoms with E-state index in [1.54, 1.807) is 0 Å². The number of anilines is 6. The highest BCUT2D eigenvalue weighted by Crippen LogP contribution is 2.53. The summed E-state index contributed by atoms with van der Waals surface area (Å²) < 4.78 is 6.69. The minimum Gasteiger partial charge on any atom is -0.435 e. The predicted octanol–water partition coefficient (Wildman–Crippen LogP) is 9.02. The summed E-state index contributed by atoms with van der Waals surface area (Å²) in [7, 11) is 0. The number of aryl methyl sites for hydroxylation is 1. The molecule has 6 heteroatoms. The van der Waals surface area contributed by atoms with E-state index in [9.17, 15) is 0 Å². The van der Waals surface area contributed by atoms with Crippen LogP contribution >= 0.6 is 0 Å². The van der Waals surface area contributed by atoms with Crippen LogP contribution in [0.2, 0.25) is 0 Å². The van der Waals surface area contributed by atoms with Gasteiger partial charge in [-0.1, -0.05) is 24.3 Å². The molecule has 0 spiro atoms. The zero-order valence-corrected chi connectivity index (χ0v) is 25.3. The molecule has 210 valence electrons. The third-order valence-corrected chi connectivity index (χ3v) is 8.97. The van der Waals surface area contributed by atoms with Crippen molar-refractivity contribution in [1.29, 1.82) is 0 Å². The fourth-order valence-corrected chi connectivity index (χ4v) is 7.37. The van der Waals surface area contributed by atoms with Crippen LogP contribution in [0.15, 0.2) is 71.1 Å². The van der Waals surface area contributed by atoms with Crippen LogP contribution in [0.4, 0.5) is 34.1 Å². The number of hydrogen-bond donors (Lipinski definition) is 0. The molecule has 4 heterocycles. The third-order valence-electron chi connectivity index (χ3n) is 8.97. The molecule has 7 rings (SSSR count). The van der Waals surface area contributed by atoms with Gasteiger partial charge in [0.15, 0.2) is 5.58 Å². The number of furan rings is 1. The Morgan fingerprint density at radius 1 is 0.659 bits per heavy atom. The number of fused-ring (bicyclic) bond motifs is 5. The van der Waals surface area contributed by atoms with Gasteiger partial charge < -0.3 is 24.0 Å². The second-order valence-corrected chi connectivity index (χ2v) is 12.1. The third kappa shape index (κ3) is 3.59. The quantitative estimate of drug-likeness (QED) is 0.224. The van der Waals surface area contributed by atoms with Crippen molar-refractivity contribution in [2.45, 2.75) is 79.8 Å². The molecule has 2 aromatic heterocycles. The van der Waals surface area contributed by atoms with Gasteiger partial charge in [0.05, 0.1) is 28.4 Å². The van der Waals surface area contributed by atoms with Gasteiger partial charge in [-0.15, -0.1) is 0 Å². The van der Waals surface area contributed by atoms with Gasteiger partial charge in [0.1, 0.15) is 12.3 Å². The second-order valence-electron chi connectivity index (χ2n) is 12.1. The lowest BCUT2D eigenvalue weighted by atomic mass is 10.0. The molecule has 5 aromatic rings. The molecule has 0 N–H and O–H groups in total. The maximum atomic E-state index is 6.69. The summed E-state index contributed by atoms with van der Waals surface area (Å²) in [6.45, 7) is 18.0. The number of para-hydroxylation sites is 4. The van der Waals surface area contributed by atoms with Crippen molar-refractivity contribution in [2.75, 3.05) is 19.6 Å². The van der Waals surface area contributed by atoms with Crippen molar-refractivity contribution >= 4 is 56.2 Å². The van der Waals surface area contributed by atoms with Crippen molar-refractivity contribution in [3.63, 3.8) is 0 Å². The molecule has 0 bridgehead atoms. The first kappa shape index (κ1) is 25.8. The van der Waals surface area contributed by atoms with Crippen molar-refractivity contribution in [1.82, 2.24) is 4.98 Å². The fraction of sp³-hybridized carbons (Fsp3) is 0.343. The van der Waals surface area contributed by atoms with E-state index < -0.39 is 0 Å². The second kappa shape index (κ2) is 9.16. The average molecular weight is 546 g/mol. The molecule has 0 unspecified atom stereocenters. The smallest absolute Gasteiger partial charge is 0.227 e. The van der Waals surface area contributed by atoms with Gasteiger partial charge in [-0.05, 0) is 97.9 Å². The monoisotopic (exact) mass is 545 g/mol. The Morgan fingerprint density at radius 3 is 1.78 bits per heavy atom. The molecule has 2 aliphatic rings. The van der Waals surface area contributed by atoms with Crippen LogP contribution in [0.1, 0.15) is 52.8 Å². The maximum absolute atomic E-state index is 6.69. The Bertz CT molecular complexity index is 1800. The summed E-state index contributed by atoms with van der Waals surface area (Å²) in [5.41, 5.74) is 11.0.